The Labute approximate surface area is 167 Å². The molecule has 0 aromatic heterocycles. The van der Waals surface area contributed by atoms with E-state index in [1.54, 1.807) is 31.2 Å². The fraction of sp³-hybridized carbons (Fsp3) is 0.0833. The second-order valence-electron chi connectivity index (χ2n) is 7.21. The minimum atomic E-state index is -1.19. The second kappa shape index (κ2) is 6.63. The second-order valence-corrected chi connectivity index (χ2v) is 7.21. The van der Waals surface area contributed by atoms with E-state index in [-0.39, 0.29) is 28.7 Å². The van der Waals surface area contributed by atoms with Crippen molar-refractivity contribution < 1.29 is 25.5 Å². The van der Waals surface area contributed by atoms with Gasteiger partial charge in [0.05, 0.1) is 5.41 Å². The zero-order chi connectivity index (χ0) is 20.8. The molecule has 0 aliphatic rings. The Morgan fingerprint density at radius 2 is 1.10 bits per heavy atom. The van der Waals surface area contributed by atoms with Gasteiger partial charge in [-0.15, -0.1) is 0 Å². The van der Waals surface area contributed by atoms with E-state index < -0.39 is 5.41 Å². The highest BCUT2D eigenvalue weighted by Gasteiger charge is 2.38. The van der Waals surface area contributed by atoms with Crippen LogP contribution in [0, 0.1) is 0 Å². The van der Waals surface area contributed by atoms with Crippen LogP contribution in [-0.4, -0.2) is 25.5 Å². The Bertz CT molecular complexity index is 1180. The number of phenolic OH excluding ortho intramolecular Hbond substituents is 5. The summed E-state index contributed by atoms with van der Waals surface area (Å²) in [4.78, 5) is 0. The van der Waals surface area contributed by atoms with Gasteiger partial charge in [-0.2, -0.15) is 0 Å². The third-order valence-corrected chi connectivity index (χ3v) is 5.48. The lowest BCUT2D eigenvalue weighted by Gasteiger charge is -2.33. The van der Waals surface area contributed by atoms with Crippen LogP contribution >= 0.6 is 0 Å². The molecule has 5 N–H and O–H groups in total. The summed E-state index contributed by atoms with van der Waals surface area (Å²) in [5.41, 5.74) is 0.0193. The Morgan fingerprint density at radius 3 is 1.66 bits per heavy atom. The van der Waals surface area contributed by atoms with Gasteiger partial charge in [-0.3, -0.25) is 0 Å². The number of fused-ring (bicyclic) bond motifs is 1. The normalized spacial score (nSPS) is 11.6. The molecule has 0 saturated heterocycles. The summed E-state index contributed by atoms with van der Waals surface area (Å²) in [6.07, 6.45) is 0. The first-order chi connectivity index (χ1) is 13.8. The topological polar surface area (TPSA) is 101 Å². The van der Waals surface area contributed by atoms with Crippen LogP contribution in [0.4, 0.5) is 0 Å². The van der Waals surface area contributed by atoms with Crippen molar-refractivity contribution in [2.24, 2.45) is 0 Å². The summed E-state index contributed by atoms with van der Waals surface area (Å²) in [7, 11) is 0. The number of hydrogen-bond donors (Lipinski definition) is 5. The van der Waals surface area contributed by atoms with Gasteiger partial charge in [-0.05, 0) is 24.4 Å². The van der Waals surface area contributed by atoms with E-state index >= 15 is 0 Å². The van der Waals surface area contributed by atoms with E-state index in [1.165, 1.54) is 24.3 Å². The zero-order valence-electron chi connectivity index (χ0n) is 15.7. The van der Waals surface area contributed by atoms with Gasteiger partial charge >= 0.3 is 0 Å². The molecule has 0 bridgehead atoms. The van der Waals surface area contributed by atoms with Crippen LogP contribution in [0.2, 0.25) is 0 Å². The van der Waals surface area contributed by atoms with Crippen molar-refractivity contribution in [2.75, 3.05) is 0 Å². The maximum Gasteiger partial charge on any atom is 0.127 e. The summed E-state index contributed by atoms with van der Waals surface area (Å²) in [6, 6.07) is 19.4. The molecule has 4 aromatic rings. The van der Waals surface area contributed by atoms with Gasteiger partial charge in [-0.1, -0.05) is 48.5 Å². The third-order valence-electron chi connectivity index (χ3n) is 5.48. The minimum absolute atomic E-state index is 0.0190. The van der Waals surface area contributed by atoms with E-state index in [1.807, 2.05) is 24.3 Å². The average molecular weight is 388 g/mol. The summed E-state index contributed by atoms with van der Waals surface area (Å²) < 4.78 is 0. The summed E-state index contributed by atoms with van der Waals surface area (Å²) in [5, 5.41) is 53.3. The molecular weight excluding hydrogens is 368 g/mol. The molecule has 5 heteroatoms. The highest BCUT2D eigenvalue weighted by Crippen LogP contribution is 2.50. The van der Waals surface area contributed by atoms with Crippen molar-refractivity contribution in [2.45, 2.75) is 12.3 Å². The monoisotopic (exact) mass is 388 g/mol. The van der Waals surface area contributed by atoms with Gasteiger partial charge in [0.25, 0.3) is 0 Å². The predicted molar refractivity (Wildman–Crippen MR) is 111 cm³/mol. The van der Waals surface area contributed by atoms with Crippen LogP contribution in [0.25, 0.3) is 10.8 Å². The van der Waals surface area contributed by atoms with Crippen LogP contribution in [0.15, 0.2) is 72.8 Å². The molecule has 146 valence electrons. The van der Waals surface area contributed by atoms with Crippen LogP contribution in [0.1, 0.15) is 23.6 Å². The van der Waals surface area contributed by atoms with Gasteiger partial charge in [0, 0.05) is 34.2 Å². The van der Waals surface area contributed by atoms with Crippen molar-refractivity contribution >= 4 is 10.8 Å². The zero-order valence-corrected chi connectivity index (χ0v) is 15.7. The number of rotatable bonds is 3. The van der Waals surface area contributed by atoms with Gasteiger partial charge < -0.3 is 25.5 Å². The Kier molecular flexibility index (Phi) is 4.23. The maximum atomic E-state index is 11.1. The van der Waals surface area contributed by atoms with Gasteiger partial charge in [-0.25, -0.2) is 0 Å². The Morgan fingerprint density at radius 1 is 0.586 bits per heavy atom. The Balaban J connectivity index is 2.10. The average Bonchev–Trinajstić information content (AvgIpc) is 2.68. The number of benzene rings is 4. The van der Waals surface area contributed by atoms with Gasteiger partial charge in [0.2, 0.25) is 0 Å². The van der Waals surface area contributed by atoms with E-state index in [2.05, 4.69) is 0 Å². The minimum Gasteiger partial charge on any atom is -0.508 e. The standard InChI is InChI=1S/C24H20O5/c1-24(18-10-7-15(25)12-21(18)27,19-11-8-16(26)13-22(19)28)20-9-6-14-4-2-3-5-17(14)23(20)29/h2-13,25-29H,1H3. The van der Waals surface area contributed by atoms with Crippen molar-refractivity contribution in [1.82, 2.24) is 0 Å². The molecule has 0 amide bonds. The van der Waals surface area contributed by atoms with Gasteiger partial charge in [0.1, 0.15) is 28.7 Å². The summed E-state index contributed by atoms with van der Waals surface area (Å²) in [5.74, 6) is -0.567. The smallest absolute Gasteiger partial charge is 0.127 e. The maximum absolute atomic E-state index is 11.1. The van der Waals surface area contributed by atoms with Crippen molar-refractivity contribution in [3.63, 3.8) is 0 Å². The van der Waals surface area contributed by atoms with Crippen molar-refractivity contribution in [1.29, 1.82) is 0 Å². The van der Waals surface area contributed by atoms with Crippen LogP contribution in [0.3, 0.4) is 0 Å². The molecule has 0 atom stereocenters. The van der Waals surface area contributed by atoms with E-state index in [0.717, 1.165) is 5.39 Å². The molecule has 0 fully saturated rings. The van der Waals surface area contributed by atoms with Crippen molar-refractivity contribution in [3.05, 3.63) is 89.5 Å². The fourth-order valence-electron chi connectivity index (χ4n) is 3.98. The lowest BCUT2D eigenvalue weighted by Crippen LogP contribution is -2.26. The highest BCUT2D eigenvalue weighted by molar-refractivity contribution is 5.90. The molecule has 4 rings (SSSR count). The molecule has 0 saturated carbocycles. The molecule has 0 aliphatic heterocycles. The largest absolute Gasteiger partial charge is 0.508 e. The molecule has 0 unspecified atom stereocenters. The molecule has 0 aliphatic carbocycles. The number of aromatic hydroxyl groups is 5. The van der Waals surface area contributed by atoms with E-state index in [0.29, 0.717) is 22.1 Å². The molecule has 4 aromatic carbocycles. The van der Waals surface area contributed by atoms with Crippen LogP contribution in [0.5, 0.6) is 28.7 Å². The summed E-state index contributed by atoms with van der Waals surface area (Å²) in [6.45, 7) is 1.76. The van der Waals surface area contributed by atoms with Crippen LogP contribution < -0.4 is 0 Å². The van der Waals surface area contributed by atoms with E-state index in [9.17, 15) is 25.5 Å². The molecule has 0 radical (unpaired) electrons. The van der Waals surface area contributed by atoms with Crippen LogP contribution in [-0.2, 0) is 5.41 Å². The molecular formula is C24H20O5. The number of phenols is 5. The van der Waals surface area contributed by atoms with E-state index in [4.69, 9.17) is 0 Å². The molecule has 5 nitrogen and oxygen atoms in total. The summed E-state index contributed by atoms with van der Waals surface area (Å²) >= 11 is 0. The predicted octanol–water partition coefficient (Wildman–Crippen LogP) is 4.72. The van der Waals surface area contributed by atoms with Crippen molar-refractivity contribution in [3.8, 4) is 28.7 Å². The fourth-order valence-corrected chi connectivity index (χ4v) is 3.98. The lowest BCUT2D eigenvalue weighted by molar-refractivity contribution is 0.421. The lowest BCUT2D eigenvalue weighted by atomic mass is 9.69. The first-order valence-electron chi connectivity index (χ1n) is 9.08. The van der Waals surface area contributed by atoms with Gasteiger partial charge in [0.15, 0.2) is 0 Å². The quantitative estimate of drug-likeness (QED) is 0.327. The number of hydrogen-bond acceptors (Lipinski definition) is 5. The highest BCUT2D eigenvalue weighted by atomic mass is 16.3. The first-order valence-corrected chi connectivity index (χ1v) is 9.08. The first kappa shape index (κ1) is 18.5. The third kappa shape index (κ3) is 2.88. The molecule has 29 heavy (non-hydrogen) atoms. The molecule has 0 heterocycles. The Hall–Kier alpha value is -3.86. The molecule has 0 spiro atoms. The SMILES string of the molecule is CC(c1ccc(O)cc1O)(c1ccc(O)cc1O)c1ccc2ccccc2c1O.